The Labute approximate surface area is 176 Å². The molecule has 27 heavy (non-hydrogen) atoms. The Morgan fingerprint density at radius 3 is 2.15 bits per heavy atom. The predicted octanol–water partition coefficient (Wildman–Crippen LogP) is 1.12. The van der Waals surface area contributed by atoms with Gasteiger partial charge in [-0.3, -0.25) is 4.79 Å². The third kappa shape index (κ3) is 6.26. The van der Waals surface area contributed by atoms with Crippen LogP contribution in [0.1, 0.15) is 32.1 Å². The summed E-state index contributed by atoms with van der Waals surface area (Å²) in [6.45, 7) is 4.46. The molecule has 0 bridgehead atoms. The van der Waals surface area contributed by atoms with Crippen molar-refractivity contribution in [1.29, 1.82) is 0 Å². The first kappa shape index (κ1) is 23.5. The molecule has 2 rings (SSSR count). The summed E-state index contributed by atoms with van der Waals surface area (Å²) in [7, 11) is 3.29. The molecule has 0 saturated carbocycles. The summed E-state index contributed by atoms with van der Waals surface area (Å²) in [4.78, 5) is 12.7. The van der Waals surface area contributed by atoms with Gasteiger partial charge in [0.1, 0.15) is 17.2 Å². The summed E-state index contributed by atoms with van der Waals surface area (Å²) in [6, 6.07) is 12.7. The fraction of sp³-hybridized carbons (Fsp3) is 0.350. The number of benzene rings is 2. The molecule has 2 aromatic carbocycles. The van der Waals surface area contributed by atoms with Gasteiger partial charge in [-0.05, 0) is 13.3 Å². The van der Waals surface area contributed by atoms with Crippen molar-refractivity contribution in [3.05, 3.63) is 48.0 Å². The van der Waals surface area contributed by atoms with Crippen LogP contribution in [0.25, 0.3) is 0 Å². The summed E-state index contributed by atoms with van der Waals surface area (Å²) in [5.74, 6) is 1.72. The van der Waals surface area contributed by atoms with E-state index in [9.17, 15) is 4.79 Å². The van der Waals surface area contributed by atoms with Gasteiger partial charge >= 0.3 is 18.9 Å². The SMILES string of the molecule is CCOPc1c(OC)cc(OC(CC)C(=O)c2ccccc2)cc1OC.[H-].[Li+]. The Bertz CT molecular complexity index is 705. The van der Waals surface area contributed by atoms with Gasteiger partial charge in [-0.1, -0.05) is 37.3 Å². The summed E-state index contributed by atoms with van der Waals surface area (Å²) in [6.07, 6.45) is -0.0205. The molecule has 0 heterocycles. The molecule has 7 heteroatoms. The van der Waals surface area contributed by atoms with Crippen LogP contribution in [0.15, 0.2) is 42.5 Å². The molecule has 0 aliphatic heterocycles. The van der Waals surface area contributed by atoms with Gasteiger partial charge in [0.2, 0.25) is 5.78 Å². The van der Waals surface area contributed by atoms with E-state index in [2.05, 4.69) is 0 Å². The molecule has 142 valence electrons. The molecule has 0 saturated heterocycles. The Balaban J connectivity index is 0.00000364. The topological polar surface area (TPSA) is 54.0 Å². The van der Waals surface area contributed by atoms with Gasteiger partial charge in [-0.15, -0.1) is 0 Å². The van der Waals surface area contributed by atoms with Crippen LogP contribution in [0, 0.1) is 0 Å². The Morgan fingerprint density at radius 1 is 1.07 bits per heavy atom. The number of hydrogen-bond donors (Lipinski definition) is 0. The summed E-state index contributed by atoms with van der Waals surface area (Å²) >= 11 is 0. The number of carbonyl (C=O) groups excluding carboxylic acids is 1. The molecule has 0 amide bonds. The van der Waals surface area contributed by atoms with Crippen molar-refractivity contribution in [2.24, 2.45) is 0 Å². The second-order valence-electron chi connectivity index (χ2n) is 5.48. The van der Waals surface area contributed by atoms with Gasteiger partial charge in [0.25, 0.3) is 0 Å². The zero-order valence-corrected chi connectivity index (χ0v) is 17.6. The Hall–Kier alpha value is -1.50. The molecule has 0 radical (unpaired) electrons. The van der Waals surface area contributed by atoms with Gasteiger partial charge in [0.05, 0.1) is 28.3 Å². The van der Waals surface area contributed by atoms with Crippen molar-refractivity contribution in [3.8, 4) is 17.2 Å². The van der Waals surface area contributed by atoms with Crippen LogP contribution >= 0.6 is 8.81 Å². The second-order valence-corrected chi connectivity index (χ2v) is 6.48. The van der Waals surface area contributed by atoms with Crippen molar-refractivity contribution in [2.45, 2.75) is 26.4 Å². The quantitative estimate of drug-likeness (QED) is 0.349. The number of methoxy groups -OCH3 is 2. The monoisotopic (exact) mass is 384 g/mol. The zero-order chi connectivity index (χ0) is 18.9. The van der Waals surface area contributed by atoms with Crippen molar-refractivity contribution in [2.75, 3.05) is 20.8 Å². The average molecular weight is 384 g/mol. The van der Waals surface area contributed by atoms with E-state index in [-0.39, 0.29) is 34.9 Å². The largest absolute Gasteiger partial charge is 1.00 e. The minimum atomic E-state index is -0.577. The van der Waals surface area contributed by atoms with Crippen molar-refractivity contribution in [1.82, 2.24) is 0 Å². The van der Waals surface area contributed by atoms with Gasteiger partial charge in [-0.2, -0.15) is 0 Å². The fourth-order valence-corrected chi connectivity index (χ4v) is 3.31. The van der Waals surface area contributed by atoms with E-state index in [1.807, 2.05) is 32.0 Å². The van der Waals surface area contributed by atoms with Crippen molar-refractivity contribution in [3.63, 3.8) is 0 Å². The molecule has 2 aromatic rings. The molecular formula is C20H26LiO5P. The van der Waals surface area contributed by atoms with Gasteiger partial charge in [0, 0.05) is 24.3 Å². The minimum Gasteiger partial charge on any atom is -1.00 e. The van der Waals surface area contributed by atoms with Crippen LogP contribution in [-0.2, 0) is 4.52 Å². The van der Waals surface area contributed by atoms with Crippen LogP contribution in [0.5, 0.6) is 17.2 Å². The molecule has 0 aliphatic carbocycles. The van der Waals surface area contributed by atoms with E-state index in [4.69, 9.17) is 18.7 Å². The number of Topliss-reactive ketones (excluding diaryl/α,β-unsaturated/α-hetero) is 1. The maximum atomic E-state index is 12.7. The van der Waals surface area contributed by atoms with Gasteiger partial charge in [-0.25, -0.2) is 0 Å². The standard InChI is InChI=1S/C20H25O5P.Li.H/c1-5-16(19(21)14-10-8-7-9-11-14)25-15-12-17(22-3)20(26-24-6-2)18(13-15)23-4;;/h7-13,16,26H,5-6H2,1-4H3;;/q;+1;-1. The zero-order valence-electron chi connectivity index (χ0n) is 17.6. The molecule has 0 N–H and O–H groups in total. The Kier molecular flexibility index (Phi) is 10.5. The van der Waals surface area contributed by atoms with E-state index in [1.54, 1.807) is 38.5 Å². The smallest absolute Gasteiger partial charge is 1.00 e. The van der Waals surface area contributed by atoms with Crippen molar-refractivity contribution >= 4 is 19.9 Å². The van der Waals surface area contributed by atoms with Crippen LogP contribution < -0.4 is 38.4 Å². The first-order chi connectivity index (χ1) is 12.6. The molecule has 0 aliphatic rings. The van der Waals surface area contributed by atoms with Crippen molar-refractivity contribution < 1.29 is 43.8 Å². The molecular weight excluding hydrogens is 358 g/mol. The van der Waals surface area contributed by atoms with Crippen LogP contribution in [0.2, 0.25) is 0 Å². The molecule has 0 fully saturated rings. The first-order valence-corrected chi connectivity index (χ1v) is 9.45. The third-order valence-electron chi connectivity index (χ3n) is 3.80. The van der Waals surface area contributed by atoms with E-state index < -0.39 is 6.10 Å². The van der Waals surface area contributed by atoms with Gasteiger partial charge in [0.15, 0.2) is 6.10 Å². The van der Waals surface area contributed by atoms with Crippen LogP contribution in [0.4, 0.5) is 0 Å². The summed E-state index contributed by atoms with van der Waals surface area (Å²) in [5.41, 5.74) is 0.632. The number of ether oxygens (including phenoxy) is 3. The number of rotatable bonds is 10. The first-order valence-electron chi connectivity index (χ1n) is 8.54. The molecule has 0 spiro atoms. The summed E-state index contributed by atoms with van der Waals surface area (Å²) < 4.78 is 22.4. The van der Waals surface area contributed by atoms with E-state index >= 15 is 0 Å². The molecule has 0 aromatic heterocycles. The second kappa shape index (κ2) is 12.1. The molecule has 2 atom stereocenters. The molecule has 5 nitrogen and oxygen atoms in total. The third-order valence-corrected chi connectivity index (χ3v) is 4.93. The maximum absolute atomic E-state index is 12.7. The van der Waals surface area contributed by atoms with E-state index in [0.717, 1.165) is 5.30 Å². The predicted molar refractivity (Wildman–Crippen MR) is 106 cm³/mol. The fourth-order valence-electron chi connectivity index (χ4n) is 2.48. The number of hydrogen-bond acceptors (Lipinski definition) is 5. The van der Waals surface area contributed by atoms with E-state index in [1.165, 1.54) is 0 Å². The van der Waals surface area contributed by atoms with E-state index in [0.29, 0.717) is 35.8 Å². The number of ketones is 1. The summed E-state index contributed by atoms with van der Waals surface area (Å²) in [5, 5.41) is 0.839. The van der Waals surface area contributed by atoms with Crippen LogP contribution in [-0.4, -0.2) is 32.7 Å². The van der Waals surface area contributed by atoms with Gasteiger partial charge < -0.3 is 20.2 Å². The molecule has 2 unspecified atom stereocenters. The Morgan fingerprint density at radius 2 is 1.67 bits per heavy atom. The van der Waals surface area contributed by atoms with Crippen LogP contribution in [0.3, 0.4) is 0 Å². The average Bonchev–Trinajstić information content (AvgIpc) is 2.70. The normalized spacial score (nSPS) is 11.7. The number of carbonyl (C=O) groups is 1. The maximum Gasteiger partial charge on any atom is 1.00 e. The minimum absolute atomic E-state index is 0.